The summed E-state index contributed by atoms with van der Waals surface area (Å²) >= 11 is 0. The van der Waals surface area contributed by atoms with Crippen LogP contribution in [-0.4, -0.2) is 36.4 Å². The van der Waals surface area contributed by atoms with Crippen LogP contribution in [0.5, 0.6) is 0 Å². The zero-order valence-corrected chi connectivity index (χ0v) is 9.21. The molecule has 2 aliphatic rings. The van der Waals surface area contributed by atoms with Crippen LogP contribution in [0.1, 0.15) is 32.6 Å². The van der Waals surface area contributed by atoms with Crippen molar-refractivity contribution in [3.05, 3.63) is 0 Å². The van der Waals surface area contributed by atoms with Gasteiger partial charge in [-0.2, -0.15) is 0 Å². The minimum atomic E-state index is -1.20. The van der Waals surface area contributed by atoms with Crippen LogP contribution in [-0.2, 0) is 9.53 Å². The Bertz CT molecular complexity index is 251. The van der Waals surface area contributed by atoms with Crippen molar-refractivity contribution in [2.24, 2.45) is 5.41 Å². The summed E-state index contributed by atoms with van der Waals surface area (Å²) in [6.45, 7) is 4.08. The molecule has 0 bridgehead atoms. The lowest BCUT2D eigenvalue weighted by Crippen LogP contribution is -2.61. The number of ether oxygens (including phenoxy) is 1. The summed E-state index contributed by atoms with van der Waals surface area (Å²) in [5.41, 5.74) is -1.05. The van der Waals surface area contributed by atoms with E-state index in [2.05, 4.69) is 5.32 Å². The zero-order valence-electron chi connectivity index (χ0n) is 9.21. The minimum Gasteiger partial charge on any atom is -0.464 e. The normalized spacial score (nSPS) is 39.9. The molecule has 15 heavy (non-hydrogen) atoms. The van der Waals surface area contributed by atoms with Gasteiger partial charge < -0.3 is 15.2 Å². The highest BCUT2D eigenvalue weighted by molar-refractivity contribution is 5.80. The maximum Gasteiger partial charge on any atom is 0.338 e. The van der Waals surface area contributed by atoms with E-state index < -0.39 is 11.6 Å². The fourth-order valence-corrected chi connectivity index (χ4v) is 2.93. The second-order valence-corrected chi connectivity index (χ2v) is 4.89. The Labute approximate surface area is 90.0 Å². The minimum absolute atomic E-state index is 0.153. The summed E-state index contributed by atoms with van der Waals surface area (Å²) in [5.74, 6) is -0.443. The molecule has 1 heterocycles. The van der Waals surface area contributed by atoms with Crippen LogP contribution in [0.4, 0.5) is 0 Å². The van der Waals surface area contributed by atoms with Gasteiger partial charge >= 0.3 is 5.97 Å². The summed E-state index contributed by atoms with van der Waals surface area (Å²) < 4.78 is 4.87. The summed E-state index contributed by atoms with van der Waals surface area (Å²) in [4.78, 5) is 11.5. The second kappa shape index (κ2) is 3.76. The first-order valence-electron chi connectivity index (χ1n) is 5.71. The molecule has 0 aromatic carbocycles. The number of piperidine rings is 1. The van der Waals surface area contributed by atoms with E-state index in [1.54, 1.807) is 6.92 Å². The van der Waals surface area contributed by atoms with E-state index in [1.165, 1.54) is 0 Å². The quantitative estimate of drug-likeness (QED) is 0.654. The SMILES string of the molecule is CCOC(=O)C1(O)CC2(CCCNC2)C1. The number of rotatable bonds is 2. The molecule has 2 rings (SSSR count). The van der Waals surface area contributed by atoms with Crippen LogP contribution in [0.3, 0.4) is 0 Å². The molecule has 4 heteroatoms. The second-order valence-electron chi connectivity index (χ2n) is 4.89. The van der Waals surface area contributed by atoms with Gasteiger partial charge in [0.25, 0.3) is 0 Å². The van der Waals surface area contributed by atoms with E-state index >= 15 is 0 Å². The van der Waals surface area contributed by atoms with Crippen LogP contribution in [0.2, 0.25) is 0 Å². The van der Waals surface area contributed by atoms with Gasteiger partial charge in [0, 0.05) is 6.54 Å². The zero-order chi connectivity index (χ0) is 10.9. The maximum absolute atomic E-state index is 11.5. The molecule has 0 aromatic heterocycles. The van der Waals surface area contributed by atoms with E-state index in [0.29, 0.717) is 19.4 Å². The van der Waals surface area contributed by atoms with Crippen molar-refractivity contribution < 1.29 is 14.6 Å². The summed E-state index contributed by atoms with van der Waals surface area (Å²) in [7, 11) is 0. The van der Waals surface area contributed by atoms with E-state index in [0.717, 1.165) is 25.9 Å². The molecular formula is C11H19NO3. The third kappa shape index (κ3) is 1.88. The number of esters is 1. The van der Waals surface area contributed by atoms with Crippen molar-refractivity contribution >= 4 is 5.97 Å². The number of carbonyl (C=O) groups excluding carboxylic acids is 1. The van der Waals surface area contributed by atoms with Crippen molar-refractivity contribution in [2.75, 3.05) is 19.7 Å². The Balaban J connectivity index is 1.92. The van der Waals surface area contributed by atoms with E-state index in [-0.39, 0.29) is 5.41 Å². The standard InChI is InChI=1S/C11H19NO3/c1-2-15-9(13)11(14)6-10(7-11)4-3-5-12-8-10/h12,14H,2-8H2,1H3. The molecule has 0 amide bonds. The highest BCUT2D eigenvalue weighted by Gasteiger charge is 2.58. The van der Waals surface area contributed by atoms with Gasteiger partial charge in [0.15, 0.2) is 5.60 Å². The molecule has 4 nitrogen and oxygen atoms in total. The van der Waals surface area contributed by atoms with Gasteiger partial charge in [-0.3, -0.25) is 0 Å². The molecule has 1 saturated carbocycles. The van der Waals surface area contributed by atoms with E-state index in [1.807, 2.05) is 0 Å². The monoisotopic (exact) mass is 213 g/mol. The molecule has 0 unspecified atom stereocenters. The first kappa shape index (κ1) is 10.9. The Morgan fingerprint density at radius 3 is 2.80 bits per heavy atom. The molecule has 1 aliphatic heterocycles. The Kier molecular flexibility index (Phi) is 2.73. The highest BCUT2D eigenvalue weighted by atomic mass is 16.5. The maximum atomic E-state index is 11.5. The van der Waals surface area contributed by atoms with E-state index in [9.17, 15) is 9.90 Å². The van der Waals surface area contributed by atoms with Crippen LogP contribution >= 0.6 is 0 Å². The topological polar surface area (TPSA) is 58.6 Å². The summed E-state index contributed by atoms with van der Waals surface area (Å²) in [5, 5.41) is 13.3. The number of carbonyl (C=O) groups is 1. The molecule has 1 spiro atoms. The molecule has 1 saturated heterocycles. The molecule has 0 atom stereocenters. The van der Waals surface area contributed by atoms with Crippen LogP contribution in [0.25, 0.3) is 0 Å². The molecule has 0 aromatic rings. The van der Waals surface area contributed by atoms with Crippen molar-refractivity contribution in [3.8, 4) is 0 Å². The summed E-state index contributed by atoms with van der Waals surface area (Å²) in [6, 6.07) is 0. The van der Waals surface area contributed by atoms with Gasteiger partial charge in [-0.15, -0.1) is 0 Å². The molecule has 2 N–H and O–H groups in total. The van der Waals surface area contributed by atoms with Gasteiger partial charge in [-0.05, 0) is 44.6 Å². The predicted octanol–water partition coefficient (Wildman–Crippen LogP) is 0.444. The highest BCUT2D eigenvalue weighted by Crippen LogP contribution is 2.52. The Morgan fingerprint density at radius 2 is 2.27 bits per heavy atom. The van der Waals surface area contributed by atoms with E-state index in [4.69, 9.17) is 4.74 Å². The van der Waals surface area contributed by atoms with Gasteiger partial charge in [-0.1, -0.05) is 0 Å². The van der Waals surface area contributed by atoms with Crippen molar-refractivity contribution in [3.63, 3.8) is 0 Å². The Morgan fingerprint density at radius 1 is 1.53 bits per heavy atom. The summed E-state index contributed by atoms with van der Waals surface area (Å²) in [6.07, 6.45) is 3.37. The lowest BCUT2D eigenvalue weighted by molar-refractivity contribution is -0.195. The molecule has 0 radical (unpaired) electrons. The fourth-order valence-electron chi connectivity index (χ4n) is 2.93. The average Bonchev–Trinajstić information content (AvgIpc) is 2.17. The predicted molar refractivity (Wildman–Crippen MR) is 55.4 cm³/mol. The van der Waals surface area contributed by atoms with Crippen LogP contribution in [0, 0.1) is 5.41 Å². The molecule has 2 fully saturated rings. The Hall–Kier alpha value is -0.610. The van der Waals surface area contributed by atoms with Crippen LogP contribution < -0.4 is 5.32 Å². The first-order chi connectivity index (χ1) is 7.10. The molecule has 86 valence electrons. The lowest BCUT2D eigenvalue weighted by atomic mass is 9.56. The lowest BCUT2D eigenvalue weighted by Gasteiger charge is -2.53. The molecular weight excluding hydrogens is 194 g/mol. The number of hydrogen-bond donors (Lipinski definition) is 2. The van der Waals surface area contributed by atoms with Gasteiger partial charge in [0.05, 0.1) is 6.61 Å². The van der Waals surface area contributed by atoms with Crippen LogP contribution in [0.15, 0.2) is 0 Å². The average molecular weight is 213 g/mol. The van der Waals surface area contributed by atoms with Gasteiger partial charge in [-0.25, -0.2) is 4.79 Å². The number of hydrogen-bond acceptors (Lipinski definition) is 4. The third-order valence-corrected chi connectivity index (χ3v) is 3.55. The van der Waals surface area contributed by atoms with Crippen molar-refractivity contribution in [2.45, 2.75) is 38.2 Å². The number of aliphatic hydroxyl groups is 1. The van der Waals surface area contributed by atoms with Crippen molar-refractivity contribution in [1.29, 1.82) is 0 Å². The fraction of sp³-hybridized carbons (Fsp3) is 0.909. The first-order valence-corrected chi connectivity index (χ1v) is 5.71. The van der Waals surface area contributed by atoms with Crippen molar-refractivity contribution in [1.82, 2.24) is 5.32 Å². The smallest absolute Gasteiger partial charge is 0.338 e. The molecule has 1 aliphatic carbocycles. The largest absolute Gasteiger partial charge is 0.464 e. The van der Waals surface area contributed by atoms with Gasteiger partial charge in [0.1, 0.15) is 0 Å². The number of nitrogens with one attached hydrogen (secondary N) is 1. The third-order valence-electron chi connectivity index (χ3n) is 3.55. The van der Waals surface area contributed by atoms with Gasteiger partial charge in [0.2, 0.25) is 0 Å².